The average molecular weight is 225 g/mol. The number of aryl methyl sites for hydroxylation is 1. The number of likely N-dealkylation sites (tertiary alicyclic amines) is 1. The minimum Gasteiger partial charge on any atom is -0.327 e. The highest BCUT2D eigenvalue weighted by Crippen LogP contribution is 2.20. The molecule has 1 aromatic rings. The predicted octanol–water partition coefficient (Wildman–Crippen LogP) is 1.62. The van der Waals surface area contributed by atoms with Gasteiger partial charge < -0.3 is 5.73 Å². The van der Waals surface area contributed by atoms with Crippen LogP contribution in [0.15, 0.2) is 5.51 Å². The van der Waals surface area contributed by atoms with Crippen molar-refractivity contribution in [2.75, 3.05) is 13.1 Å². The maximum absolute atomic E-state index is 6.01. The molecule has 2 heterocycles. The molecule has 0 aliphatic carbocycles. The van der Waals surface area contributed by atoms with Crippen molar-refractivity contribution in [3.8, 4) is 0 Å². The summed E-state index contributed by atoms with van der Waals surface area (Å²) in [6.45, 7) is 7.64. The summed E-state index contributed by atoms with van der Waals surface area (Å²) in [7, 11) is 0. The normalized spacial score (nSPS) is 28.2. The maximum Gasteiger partial charge on any atom is 0.0798 e. The Hall–Kier alpha value is -0.450. The van der Waals surface area contributed by atoms with E-state index in [4.69, 9.17) is 5.73 Å². The Balaban J connectivity index is 1.94. The molecule has 0 radical (unpaired) electrons. The summed E-state index contributed by atoms with van der Waals surface area (Å²) < 4.78 is 0. The number of hydrogen-bond acceptors (Lipinski definition) is 4. The Morgan fingerprint density at radius 2 is 2.47 bits per heavy atom. The van der Waals surface area contributed by atoms with Gasteiger partial charge in [-0.25, -0.2) is 4.98 Å². The fourth-order valence-corrected chi connectivity index (χ4v) is 2.89. The van der Waals surface area contributed by atoms with E-state index >= 15 is 0 Å². The van der Waals surface area contributed by atoms with Gasteiger partial charge in [0.25, 0.3) is 0 Å². The molecule has 0 saturated carbocycles. The summed E-state index contributed by atoms with van der Waals surface area (Å²) in [6, 6.07) is 0.392. The van der Waals surface area contributed by atoms with Crippen LogP contribution in [0.2, 0.25) is 0 Å². The number of piperidine rings is 1. The minimum absolute atomic E-state index is 0.392. The summed E-state index contributed by atoms with van der Waals surface area (Å²) in [6.07, 6.45) is 1.12. The number of nitrogens with two attached hydrogens (primary N) is 1. The Kier molecular flexibility index (Phi) is 3.38. The number of thiazole rings is 1. The maximum atomic E-state index is 6.01. The number of nitrogens with zero attached hydrogens (tertiary/aromatic N) is 2. The number of rotatable bonds is 2. The first kappa shape index (κ1) is 11.0. The second-order valence-corrected chi connectivity index (χ2v) is 5.47. The lowest BCUT2D eigenvalue weighted by Gasteiger charge is -2.34. The second-order valence-electron chi connectivity index (χ2n) is 4.53. The standard InChI is InChI=1S/C11H19N3S/c1-8-5-14(4-3-10(8)12)6-11-9(2)13-7-15-11/h7-8,10H,3-6,12H2,1-2H3. The van der Waals surface area contributed by atoms with Crippen LogP contribution in [0.1, 0.15) is 23.9 Å². The van der Waals surface area contributed by atoms with Gasteiger partial charge in [-0.2, -0.15) is 0 Å². The fraction of sp³-hybridized carbons (Fsp3) is 0.727. The predicted molar refractivity (Wildman–Crippen MR) is 63.9 cm³/mol. The molecule has 0 aromatic carbocycles. The molecule has 0 bridgehead atoms. The van der Waals surface area contributed by atoms with Crippen molar-refractivity contribution in [3.05, 3.63) is 16.1 Å². The molecule has 1 saturated heterocycles. The average Bonchev–Trinajstić information content (AvgIpc) is 2.59. The Morgan fingerprint density at radius 1 is 1.67 bits per heavy atom. The molecule has 2 N–H and O–H groups in total. The lowest BCUT2D eigenvalue weighted by Crippen LogP contribution is -2.45. The lowest BCUT2D eigenvalue weighted by atomic mass is 9.95. The van der Waals surface area contributed by atoms with E-state index in [1.807, 2.05) is 5.51 Å². The van der Waals surface area contributed by atoms with Crippen LogP contribution in [0.25, 0.3) is 0 Å². The van der Waals surface area contributed by atoms with Gasteiger partial charge in [0, 0.05) is 30.6 Å². The highest BCUT2D eigenvalue weighted by Gasteiger charge is 2.23. The first-order valence-electron chi connectivity index (χ1n) is 5.53. The van der Waals surface area contributed by atoms with Gasteiger partial charge in [0.05, 0.1) is 11.2 Å². The van der Waals surface area contributed by atoms with Crippen LogP contribution in [-0.4, -0.2) is 29.0 Å². The van der Waals surface area contributed by atoms with Gasteiger partial charge in [-0.1, -0.05) is 6.92 Å². The quantitative estimate of drug-likeness (QED) is 0.831. The first-order chi connectivity index (χ1) is 7.16. The van der Waals surface area contributed by atoms with Gasteiger partial charge in [0.1, 0.15) is 0 Å². The zero-order valence-corrected chi connectivity index (χ0v) is 10.3. The van der Waals surface area contributed by atoms with Crippen molar-refractivity contribution >= 4 is 11.3 Å². The Bertz CT molecular complexity index is 323. The molecule has 1 aliphatic rings. The molecule has 1 aromatic heterocycles. The van der Waals surface area contributed by atoms with E-state index in [-0.39, 0.29) is 0 Å². The van der Waals surface area contributed by atoms with Gasteiger partial charge in [0.2, 0.25) is 0 Å². The topological polar surface area (TPSA) is 42.2 Å². The summed E-state index contributed by atoms with van der Waals surface area (Å²) in [5, 5.41) is 0. The summed E-state index contributed by atoms with van der Waals surface area (Å²) in [5.74, 6) is 0.618. The second kappa shape index (κ2) is 4.60. The summed E-state index contributed by atoms with van der Waals surface area (Å²) in [4.78, 5) is 8.18. The molecule has 15 heavy (non-hydrogen) atoms. The molecular weight excluding hydrogens is 206 g/mol. The molecule has 2 atom stereocenters. The van der Waals surface area contributed by atoms with E-state index in [2.05, 4.69) is 23.7 Å². The highest BCUT2D eigenvalue weighted by molar-refractivity contribution is 7.09. The third-order valence-electron chi connectivity index (χ3n) is 3.27. The minimum atomic E-state index is 0.392. The molecule has 2 unspecified atom stereocenters. The Morgan fingerprint density at radius 3 is 3.07 bits per heavy atom. The van der Waals surface area contributed by atoms with E-state index in [1.165, 1.54) is 10.6 Å². The van der Waals surface area contributed by atoms with Gasteiger partial charge in [-0.15, -0.1) is 11.3 Å². The summed E-state index contributed by atoms with van der Waals surface area (Å²) >= 11 is 1.76. The third-order valence-corrected chi connectivity index (χ3v) is 4.19. The number of hydrogen-bond donors (Lipinski definition) is 1. The smallest absolute Gasteiger partial charge is 0.0798 e. The van der Waals surface area contributed by atoms with Crippen molar-refractivity contribution < 1.29 is 0 Å². The fourth-order valence-electron chi connectivity index (χ4n) is 2.07. The van der Waals surface area contributed by atoms with Crippen molar-refractivity contribution in [3.63, 3.8) is 0 Å². The van der Waals surface area contributed by atoms with E-state index < -0.39 is 0 Å². The van der Waals surface area contributed by atoms with Crippen LogP contribution >= 0.6 is 11.3 Å². The van der Waals surface area contributed by atoms with E-state index in [0.29, 0.717) is 12.0 Å². The van der Waals surface area contributed by atoms with Crippen molar-refractivity contribution in [2.45, 2.75) is 32.9 Å². The number of aromatic nitrogens is 1. The zero-order valence-electron chi connectivity index (χ0n) is 9.44. The van der Waals surface area contributed by atoms with Gasteiger partial charge in [0.15, 0.2) is 0 Å². The van der Waals surface area contributed by atoms with Gasteiger partial charge >= 0.3 is 0 Å². The van der Waals surface area contributed by atoms with Crippen LogP contribution in [0.3, 0.4) is 0 Å². The molecule has 1 aliphatic heterocycles. The van der Waals surface area contributed by atoms with Crippen molar-refractivity contribution in [1.82, 2.24) is 9.88 Å². The third kappa shape index (κ3) is 2.56. The molecule has 1 fully saturated rings. The highest BCUT2D eigenvalue weighted by atomic mass is 32.1. The van der Waals surface area contributed by atoms with Gasteiger partial charge in [-0.3, -0.25) is 4.90 Å². The molecule has 4 heteroatoms. The molecule has 2 rings (SSSR count). The van der Waals surface area contributed by atoms with Crippen molar-refractivity contribution in [2.24, 2.45) is 11.7 Å². The largest absolute Gasteiger partial charge is 0.327 e. The van der Waals surface area contributed by atoms with E-state index in [9.17, 15) is 0 Å². The van der Waals surface area contributed by atoms with Crippen molar-refractivity contribution in [1.29, 1.82) is 0 Å². The van der Waals surface area contributed by atoms with Crippen LogP contribution in [0, 0.1) is 12.8 Å². The van der Waals surface area contributed by atoms with E-state index in [1.54, 1.807) is 11.3 Å². The monoisotopic (exact) mass is 225 g/mol. The molecule has 84 valence electrons. The van der Waals surface area contributed by atoms with Gasteiger partial charge in [-0.05, 0) is 19.3 Å². The van der Waals surface area contributed by atoms with Crippen LogP contribution in [-0.2, 0) is 6.54 Å². The van der Waals surface area contributed by atoms with Crippen LogP contribution < -0.4 is 5.73 Å². The van der Waals surface area contributed by atoms with E-state index in [0.717, 1.165) is 26.1 Å². The van der Waals surface area contributed by atoms with Crippen LogP contribution in [0.5, 0.6) is 0 Å². The molecule has 3 nitrogen and oxygen atoms in total. The molecule has 0 spiro atoms. The summed E-state index contributed by atoms with van der Waals surface area (Å²) in [5.41, 5.74) is 9.12. The molecule has 0 amide bonds. The van der Waals surface area contributed by atoms with Crippen LogP contribution in [0.4, 0.5) is 0 Å². The first-order valence-corrected chi connectivity index (χ1v) is 6.41. The zero-order chi connectivity index (χ0) is 10.8. The SMILES string of the molecule is Cc1ncsc1CN1CCC(N)C(C)C1. The Labute approximate surface area is 95.3 Å². The molecular formula is C11H19N3S. The lowest BCUT2D eigenvalue weighted by molar-refractivity contribution is 0.158.